The van der Waals surface area contributed by atoms with Gasteiger partial charge in [0.25, 0.3) is 0 Å². The van der Waals surface area contributed by atoms with Crippen LogP contribution in [0.3, 0.4) is 0 Å². The summed E-state index contributed by atoms with van der Waals surface area (Å²) in [6.45, 7) is 8.29. The normalized spacial score (nSPS) is 15.3. The van der Waals surface area contributed by atoms with Crippen LogP contribution in [-0.4, -0.2) is 43.7 Å². The molecular formula is C17H26ClN3O. The van der Waals surface area contributed by atoms with Crippen molar-refractivity contribution in [3.05, 3.63) is 29.3 Å². The summed E-state index contributed by atoms with van der Waals surface area (Å²) in [7, 11) is 0. The molecule has 2 rings (SSSR count). The average Bonchev–Trinajstić information content (AvgIpc) is 2.52. The number of hydrogen-bond donors (Lipinski definition) is 1. The summed E-state index contributed by atoms with van der Waals surface area (Å²) in [5, 5.41) is 3.79. The number of urea groups is 1. The van der Waals surface area contributed by atoms with Crippen molar-refractivity contribution in [1.29, 1.82) is 0 Å². The van der Waals surface area contributed by atoms with E-state index in [1.54, 1.807) is 0 Å². The van der Waals surface area contributed by atoms with E-state index < -0.39 is 0 Å². The minimum absolute atomic E-state index is 0.0579. The highest BCUT2D eigenvalue weighted by Crippen LogP contribution is 2.25. The third-order valence-corrected chi connectivity index (χ3v) is 4.31. The van der Waals surface area contributed by atoms with Crippen molar-refractivity contribution < 1.29 is 4.79 Å². The highest BCUT2D eigenvalue weighted by atomic mass is 35.5. The number of carbonyl (C=O) groups excluding carboxylic acids is 1. The minimum Gasteiger partial charge on any atom is -0.367 e. The van der Waals surface area contributed by atoms with Crippen molar-refractivity contribution in [3.63, 3.8) is 0 Å². The van der Waals surface area contributed by atoms with Gasteiger partial charge in [-0.25, -0.2) is 4.79 Å². The van der Waals surface area contributed by atoms with Crippen molar-refractivity contribution in [2.45, 2.75) is 26.7 Å². The Morgan fingerprint density at radius 3 is 2.55 bits per heavy atom. The van der Waals surface area contributed by atoms with Gasteiger partial charge in [0.2, 0.25) is 0 Å². The maximum Gasteiger partial charge on any atom is 0.317 e. The molecule has 1 N–H and O–H groups in total. The second-order valence-electron chi connectivity index (χ2n) is 6.19. The van der Waals surface area contributed by atoms with Crippen molar-refractivity contribution >= 4 is 23.3 Å². The number of rotatable bonds is 5. The molecule has 122 valence electrons. The predicted octanol–water partition coefficient (Wildman–Crippen LogP) is 3.61. The zero-order chi connectivity index (χ0) is 15.9. The molecule has 0 spiro atoms. The van der Waals surface area contributed by atoms with Crippen LogP contribution < -0.4 is 10.2 Å². The molecule has 0 bridgehead atoms. The molecule has 0 aliphatic carbocycles. The number of nitrogens with one attached hydrogen (secondary N) is 1. The first-order valence-electron chi connectivity index (χ1n) is 8.10. The topological polar surface area (TPSA) is 35.6 Å². The Bertz CT molecular complexity index is 485. The lowest BCUT2D eigenvalue weighted by atomic mass is 10.1. The molecule has 1 aliphatic rings. The van der Waals surface area contributed by atoms with Gasteiger partial charge in [0.05, 0.1) is 10.7 Å². The third kappa shape index (κ3) is 4.80. The van der Waals surface area contributed by atoms with Gasteiger partial charge in [-0.1, -0.05) is 37.6 Å². The zero-order valence-electron chi connectivity index (χ0n) is 13.5. The maximum atomic E-state index is 12.1. The molecule has 2 amide bonds. The maximum absolute atomic E-state index is 12.1. The molecule has 0 radical (unpaired) electrons. The van der Waals surface area contributed by atoms with Gasteiger partial charge < -0.3 is 15.1 Å². The summed E-state index contributed by atoms with van der Waals surface area (Å²) in [6.07, 6.45) is 2.20. The number of anilines is 1. The smallest absolute Gasteiger partial charge is 0.317 e. The first-order chi connectivity index (χ1) is 10.6. The van der Waals surface area contributed by atoms with E-state index in [-0.39, 0.29) is 6.03 Å². The predicted molar refractivity (Wildman–Crippen MR) is 92.7 cm³/mol. The molecule has 1 saturated heterocycles. The lowest BCUT2D eigenvalue weighted by Crippen LogP contribution is -2.52. The Kier molecular flexibility index (Phi) is 6.37. The molecule has 1 heterocycles. The van der Waals surface area contributed by atoms with Crippen LogP contribution in [0.4, 0.5) is 10.5 Å². The van der Waals surface area contributed by atoms with Gasteiger partial charge in [-0.2, -0.15) is 0 Å². The molecule has 1 fully saturated rings. The van der Waals surface area contributed by atoms with E-state index in [0.717, 1.165) is 56.3 Å². The SMILES string of the molecule is CC(C)CCCNC(=O)N1CCN(c2ccccc2Cl)CC1. The second-order valence-corrected chi connectivity index (χ2v) is 6.60. The van der Waals surface area contributed by atoms with Gasteiger partial charge in [-0.15, -0.1) is 0 Å². The fraction of sp³-hybridized carbons (Fsp3) is 0.588. The standard InChI is InChI=1S/C17H26ClN3O/c1-14(2)6-5-9-19-17(22)21-12-10-20(11-13-21)16-8-4-3-7-15(16)18/h3-4,7-8,14H,5-6,9-13H2,1-2H3,(H,19,22). The number of benzene rings is 1. The van der Waals surface area contributed by atoms with Crippen LogP contribution in [0, 0.1) is 5.92 Å². The van der Waals surface area contributed by atoms with Gasteiger partial charge in [0.15, 0.2) is 0 Å². The van der Waals surface area contributed by atoms with Crippen LogP contribution in [-0.2, 0) is 0 Å². The molecule has 0 unspecified atom stereocenters. The lowest BCUT2D eigenvalue weighted by molar-refractivity contribution is 0.194. The molecule has 0 atom stereocenters. The van der Waals surface area contributed by atoms with E-state index in [1.165, 1.54) is 0 Å². The number of hydrogen-bond acceptors (Lipinski definition) is 2. The third-order valence-electron chi connectivity index (χ3n) is 3.99. The molecule has 1 aromatic carbocycles. The van der Waals surface area contributed by atoms with E-state index in [9.17, 15) is 4.79 Å². The van der Waals surface area contributed by atoms with Crippen LogP contribution in [0.15, 0.2) is 24.3 Å². The molecule has 1 aromatic rings. The summed E-state index contributed by atoms with van der Waals surface area (Å²) < 4.78 is 0. The quantitative estimate of drug-likeness (QED) is 0.840. The van der Waals surface area contributed by atoms with Gasteiger partial charge in [0.1, 0.15) is 0 Å². The van der Waals surface area contributed by atoms with Crippen molar-refractivity contribution in [1.82, 2.24) is 10.2 Å². The van der Waals surface area contributed by atoms with Crippen LogP contribution in [0.5, 0.6) is 0 Å². The summed E-state index contributed by atoms with van der Waals surface area (Å²) >= 11 is 6.23. The minimum atomic E-state index is 0.0579. The largest absolute Gasteiger partial charge is 0.367 e. The molecule has 0 aromatic heterocycles. The molecule has 1 aliphatic heterocycles. The molecule has 22 heavy (non-hydrogen) atoms. The number of para-hydroxylation sites is 1. The van der Waals surface area contributed by atoms with Crippen LogP contribution >= 0.6 is 11.6 Å². The number of amides is 2. The highest BCUT2D eigenvalue weighted by molar-refractivity contribution is 6.33. The van der Waals surface area contributed by atoms with Crippen LogP contribution in [0.2, 0.25) is 5.02 Å². The van der Waals surface area contributed by atoms with Crippen LogP contribution in [0.1, 0.15) is 26.7 Å². The summed E-state index contributed by atoms with van der Waals surface area (Å²) in [5.74, 6) is 0.691. The lowest BCUT2D eigenvalue weighted by Gasteiger charge is -2.36. The Hall–Kier alpha value is -1.42. The number of carbonyl (C=O) groups is 1. The van der Waals surface area contributed by atoms with E-state index in [1.807, 2.05) is 29.2 Å². The summed E-state index contributed by atoms with van der Waals surface area (Å²) in [4.78, 5) is 16.3. The Balaban J connectivity index is 1.75. The van der Waals surface area contributed by atoms with E-state index >= 15 is 0 Å². The van der Waals surface area contributed by atoms with Gasteiger partial charge in [-0.05, 0) is 30.9 Å². The first-order valence-corrected chi connectivity index (χ1v) is 8.48. The van der Waals surface area contributed by atoms with Crippen molar-refractivity contribution in [3.8, 4) is 0 Å². The van der Waals surface area contributed by atoms with E-state index in [4.69, 9.17) is 11.6 Å². The number of piperazine rings is 1. The summed E-state index contributed by atoms with van der Waals surface area (Å²) in [5.41, 5.74) is 1.06. The fourth-order valence-electron chi connectivity index (χ4n) is 2.68. The number of nitrogens with zero attached hydrogens (tertiary/aromatic N) is 2. The van der Waals surface area contributed by atoms with Crippen LogP contribution in [0.25, 0.3) is 0 Å². The van der Waals surface area contributed by atoms with Crippen molar-refractivity contribution in [2.75, 3.05) is 37.6 Å². The van der Waals surface area contributed by atoms with Gasteiger partial charge >= 0.3 is 6.03 Å². The second kappa shape index (κ2) is 8.28. The van der Waals surface area contributed by atoms with Crippen molar-refractivity contribution in [2.24, 2.45) is 5.92 Å². The highest BCUT2D eigenvalue weighted by Gasteiger charge is 2.21. The number of halogens is 1. The van der Waals surface area contributed by atoms with E-state index in [0.29, 0.717) is 5.92 Å². The Morgan fingerprint density at radius 1 is 1.23 bits per heavy atom. The molecular weight excluding hydrogens is 298 g/mol. The monoisotopic (exact) mass is 323 g/mol. The first kappa shape index (κ1) is 16.9. The summed E-state index contributed by atoms with van der Waals surface area (Å²) in [6, 6.07) is 7.93. The van der Waals surface area contributed by atoms with E-state index in [2.05, 4.69) is 24.1 Å². The van der Waals surface area contributed by atoms with Gasteiger partial charge in [0, 0.05) is 32.7 Å². The Labute approximate surface area is 138 Å². The van der Waals surface area contributed by atoms with Gasteiger partial charge in [-0.3, -0.25) is 0 Å². The molecule has 5 heteroatoms. The molecule has 4 nitrogen and oxygen atoms in total. The molecule has 0 saturated carbocycles. The average molecular weight is 324 g/mol. The zero-order valence-corrected chi connectivity index (χ0v) is 14.3. The fourth-order valence-corrected chi connectivity index (χ4v) is 2.93. The Morgan fingerprint density at radius 2 is 1.91 bits per heavy atom.